The molecular weight excluding hydrogens is 1770 g/mol. The van der Waals surface area contributed by atoms with E-state index >= 15 is 0 Å². The molecule has 15 rings (SSSR count). The van der Waals surface area contributed by atoms with Gasteiger partial charge in [0, 0.05) is 117 Å². The number of non-ortho nitro benzene ring substituents is 5. The Morgan fingerprint density at radius 3 is 0.519 bits per heavy atom. The number of hydrogen-bond donors (Lipinski definition) is 5. The quantitative estimate of drug-likeness (QED) is 0.0156. The first kappa shape index (κ1) is 98.6. The Labute approximate surface area is 758 Å². The molecule has 5 N–H and O–H groups in total. The third-order valence-corrected chi connectivity index (χ3v) is 16.3. The van der Waals surface area contributed by atoms with Crippen LogP contribution in [-0.2, 0) is 33.6 Å². The second kappa shape index (κ2) is 51.5. The van der Waals surface area contributed by atoms with E-state index in [1.807, 2.05) is 0 Å². The maximum atomic E-state index is 11.9. The van der Waals surface area contributed by atoms with Crippen LogP contribution in [-0.4, -0.2) is 239 Å². The monoisotopic (exact) mass is 1850 g/mol. The van der Waals surface area contributed by atoms with Gasteiger partial charge in [0.25, 0.3) is 58.0 Å². The lowest BCUT2D eigenvalue weighted by molar-refractivity contribution is -0.385. The predicted octanol–water partition coefficient (Wildman–Crippen LogP) is 7.35. The summed E-state index contributed by atoms with van der Waals surface area (Å²) in [5.41, 5.74) is 6.52. The largest absolute Gasteiger partial charge is 0.484 e. The van der Waals surface area contributed by atoms with Crippen LogP contribution in [0.3, 0.4) is 0 Å². The van der Waals surface area contributed by atoms with Crippen molar-refractivity contribution in [1.82, 2.24) is 111 Å². The number of aromatic nitrogens is 20. The summed E-state index contributed by atoms with van der Waals surface area (Å²) in [7, 11) is 6.75. The molecule has 0 radical (unpaired) electrons. The molecular formula is C81H74N32O22. The van der Waals surface area contributed by atoms with Crippen LogP contribution in [0.15, 0.2) is 274 Å². The highest BCUT2D eigenvalue weighted by molar-refractivity contribution is 5.94. The summed E-state index contributed by atoms with van der Waals surface area (Å²) >= 11 is 0. The fourth-order valence-electron chi connectivity index (χ4n) is 9.94. The molecule has 7 amide bonds. The Bertz CT molecular complexity index is 5410. The van der Waals surface area contributed by atoms with Crippen LogP contribution < -0.4 is 50.3 Å². The molecule has 135 heavy (non-hydrogen) atoms. The molecule has 15 aromatic rings. The van der Waals surface area contributed by atoms with E-state index < -0.39 is 24.6 Å². The number of anilines is 5. The first-order chi connectivity index (χ1) is 65.1. The van der Waals surface area contributed by atoms with Gasteiger partial charge in [-0.1, -0.05) is 0 Å². The number of carbonyl (C=O) groups excluding carboxylic acids is 7. The summed E-state index contributed by atoms with van der Waals surface area (Å²) in [5, 5.41) is 121. The standard InChI is InChI=1S/5C15H12N6O4.2C3H7NO/c5*22-15(9-25-14-7-5-13(6-8-14)21(23)24)17-11-1-3-12(4-2-11)20-10-16-18-19-20;2*1-4(2)3-5/h5*1-8,10H,9H2,(H,17,22);2*3H,1-2H3. The van der Waals surface area contributed by atoms with E-state index in [1.165, 1.54) is 186 Å². The molecule has 54 heteroatoms. The summed E-state index contributed by atoms with van der Waals surface area (Å²) in [5.74, 6) is 0.0847. The van der Waals surface area contributed by atoms with Crippen LogP contribution in [0.4, 0.5) is 56.9 Å². The van der Waals surface area contributed by atoms with E-state index in [4.69, 9.17) is 23.7 Å². The summed E-state index contributed by atoms with van der Waals surface area (Å²) in [6.45, 7) is -1.08. The lowest BCUT2D eigenvalue weighted by Crippen LogP contribution is -2.20. The normalized spacial score (nSPS) is 9.99. The third-order valence-electron chi connectivity index (χ3n) is 16.3. The summed E-state index contributed by atoms with van der Waals surface area (Å²) < 4.78 is 33.9. The number of hydrogen-bond acceptors (Lipinski definition) is 37. The zero-order chi connectivity index (χ0) is 96.8. The minimum Gasteiger partial charge on any atom is -0.484 e. The molecule has 10 aromatic carbocycles. The number of amides is 7. The van der Waals surface area contributed by atoms with Crippen molar-refractivity contribution in [2.75, 3.05) is 87.8 Å². The number of nitro benzene ring substituents is 5. The van der Waals surface area contributed by atoms with Crippen LogP contribution in [0.1, 0.15) is 0 Å². The Morgan fingerprint density at radius 2 is 0.407 bits per heavy atom. The number of nitrogens with zero attached hydrogens (tertiary/aromatic N) is 27. The van der Waals surface area contributed by atoms with Crippen LogP contribution in [0.2, 0.25) is 0 Å². The number of tetrazole rings is 5. The number of rotatable bonds is 32. The Kier molecular flexibility index (Phi) is 37.6. The average molecular weight is 1850 g/mol. The van der Waals surface area contributed by atoms with Crippen molar-refractivity contribution in [2.45, 2.75) is 0 Å². The molecule has 0 aliphatic carbocycles. The topological polar surface area (TPSA) is 666 Å². The molecule has 690 valence electrons. The molecule has 0 fully saturated rings. The van der Waals surface area contributed by atoms with Gasteiger partial charge in [-0.05, 0) is 234 Å². The van der Waals surface area contributed by atoms with Gasteiger partial charge in [-0.3, -0.25) is 84.1 Å². The molecule has 0 atom stereocenters. The summed E-state index contributed by atoms with van der Waals surface area (Å²) in [4.78, 5) is 132. The average Bonchev–Trinajstić information content (AvgIpc) is 1.82. The Balaban J connectivity index is 0.000000184. The van der Waals surface area contributed by atoms with Crippen molar-refractivity contribution >= 4 is 99.2 Å². The smallest absolute Gasteiger partial charge is 0.269 e. The fourth-order valence-corrected chi connectivity index (χ4v) is 9.94. The van der Waals surface area contributed by atoms with Crippen LogP contribution >= 0.6 is 0 Å². The van der Waals surface area contributed by atoms with Gasteiger partial charge in [0.15, 0.2) is 33.0 Å². The van der Waals surface area contributed by atoms with Crippen molar-refractivity contribution < 1.29 is 81.9 Å². The van der Waals surface area contributed by atoms with Crippen molar-refractivity contribution in [2.24, 2.45) is 0 Å². The van der Waals surface area contributed by atoms with Gasteiger partial charge in [0.05, 0.1) is 53.1 Å². The lowest BCUT2D eigenvalue weighted by atomic mass is 10.3. The molecule has 0 unspecified atom stereocenters. The predicted molar refractivity (Wildman–Crippen MR) is 471 cm³/mol. The SMILES string of the molecule is CN(C)C=O.CN(C)C=O.O=C(COc1ccc([N+](=O)[O-])cc1)Nc1ccc(-n2cnnn2)cc1.O=C(COc1ccc([N+](=O)[O-])cc1)Nc1ccc(-n2cnnn2)cc1.O=C(COc1ccc([N+](=O)[O-])cc1)Nc1ccc(-n2cnnn2)cc1.O=C(COc1ccc([N+](=O)[O-])cc1)Nc1ccc(-n2cnnn2)cc1.O=C(COc1ccc([N+](=O)[O-])cc1)Nc1ccc(-n2cnnn2)cc1. The zero-order valence-electron chi connectivity index (χ0n) is 70.7. The third kappa shape index (κ3) is 34.3. The summed E-state index contributed by atoms with van der Waals surface area (Å²) in [6.07, 6.45) is 8.82. The minimum absolute atomic E-state index is 0.0422. The molecule has 0 aliphatic heterocycles. The van der Waals surface area contributed by atoms with Crippen molar-refractivity contribution in [3.63, 3.8) is 0 Å². The maximum Gasteiger partial charge on any atom is 0.269 e. The van der Waals surface area contributed by atoms with Crippen molar-refractivity contribution in [1.29, 1.82) is 0 Å². The molecule has 5 aromatic heterocycles. The molecule has 0 saturated carbocycles. The fraction of sp³-hybridized carbons (Fsp3) is 0.111. The lowest BCUT2D eigenvalue weighted by Gasteiger charge is -2.08. The second-order valence-electron chi connectivity index (χ2n) is 26.6. The van der Waals surface area contributed by atoms with Gasteiger partial charge in [0.2, 0.25) is 12.8 Å². The van der Waals surface area contributed by atoms with Gasteiger partial charge in [-0.15, -0.1) is 25.5 Å². The number of carbonyl (C=O) groups is 7. The molecule has 5 heterocycles. The van der Waals surface area contributed by atoms with E-state index in [2.05, 4.69) is 104 Å². The maximum absolute atomic E-state index is 11.9. The first-order valence-corrected chi connectivity index (χ1v) is 38.4. The van der Waals surface area contributed by atoms with Gasteiger partial charge >= 0.3 is 0 Å². The summed E-state index contributed by atoms with van der Waals surface area (Å²) in [6, 6.07) is 62.1. The Hall–Kier alpha value is -20.2. The van der Waals surface area contributed by atoms with Gasteiger partial charge in [-0.2, -0.15) is 0 Å². The van der Waals surface area contributed by atoms with E-state index in [0.29, 0.717) is 57.2 Å². The van der Waals surface area contributed by atoms with Gasteiger partial charge in [-0.25, -0.2) is 23.4 Å². The molecule has 0 bridgehead atoms. The van der Waals surface area contributed by atoms with Crippen LogP contribution in [0.25, 0.3) is 28.4 Å². The zero-order valence-corrected chi connectivity index (χ0v) is 70.7. The number of ether oxygens (including phenoxy) is 5. The van der Waals surface area contributed by atoms with E-state index in [0.717, 1.165) is 41.3 Å². The van der Waals surface area contributed by atoms with Gasteiger partial charge < -0.3 is 60.1 Å². The van der Waals surface area contributed by atoms with Crippen LogP contribution in [0, 0.1) is 50.6 Å². The Morgan fingerprint density at radius 1 is 0.267 bits per heavy atom. The molecule has 54 nitrogen and oxygen atoms in total. The van der Waals surface area contributed by atoms with Crippen LogP contribution in [0.5, 0.6) is 28.7 Å². The molecule has 0 spiro atoms. The highest BCUT2D eigenvalue weighted by Crippen LogP contribution is 2.25. The minimum atomic E-state index is -0.504. The van der Waals surface area contributed by atoms with E-state index in [9.17, 15) is 84.1 Å². The van der Waals surface area contributed by atoms with Crippen molar-refractivity contribution in [3.8, 4) is 57.2 Å². The highest BCUT2D eigenvalue weighted by Gasteiger charge is 2.16. The first-order valence-electron chi connectivity index (χ1n) is 38.4. The highest BCUT2D eigenvalue weighted by atomic mass is 16.6. The second-order valence-corrected chi connectivity index (χ2v) is 26.6. The number of nitro groups is 5. The number of nitrogens with one attached hydrogen (secondary N) is 5. The van der Waals surface area contributed by atoms with Gasteiger partial charge in [0.1, 0.15) is 60.4 Å². The molecule has 0 aliphatic rings. The number of benzene rings is 10. The van der Waals surface area contributed by atoms with E-state index in [1.54, 1.807) is 150 Å². The van der Waals surface area contributed by atoms with E-state index in [-0.39, 0.29) is 91.0 Å². The van der Waals surface area contributed by atoms with Crippen molar-refractivity contribution in [3.05, 3.63) is 325 Å². The molecule has 0 saturated heterocycles.